The molecule has 10 heteroatoms. The van der Waals surface area contributed by atoms with Crippen LogP contribution in [-0.4, -0.2) is 60.7 Å². The summed E-state index contributed by atoms with van der Waals surface area (Å²) in [6, 6.07) is 3.50. The minimum absolute atomic E-state index is 0.00216. The van der Waals surface area contributed by atoms with Gasteiger partial charge < -0.3 is 29.2 Å². The SMILES string of the molecule is COC(=O)Cc1nc(CC(OC2CCCC2)C(O)c2cc(OC)c(C)c(OC)c2)sc1C(=O)O. The number of aromatic nitrogens is 1. The summed E-state index contributed by atoms with van der Waals surface area (Å²) in [5.41, 5.74) is 1.52. The zero-order chi connectivity index (χ0) is 24.8. The lowest BCUT2D eigenvalue weighted by Crippen LogP contribution is -2.29. The Bertz CT molecular complexity index is 989. The molecule has 186 valence electrons. The highest BCUT2D eigenvalue weighted by atomic mass is 32.1. The average Bonchev–Trinajstić information content (AvgIpc) is 3.48. The molecule has 1 aromatic heterocycles. The predicted molar refractivity (Wildman–Crippen MR) is 125 cm³/mol. The number of carbonyl (C=O) groups excluding carboxylic acids is 1. The average molecular weight is 494 g/mol. The summed E-state index contributed by atoms with van der Waals surface area (Å²) >= 11 is 0.978. The van der Waals surface area contributed by atoms with E-state index < -0.39 is 24.1 Å². The van der Waals surface area contributed by atoms with Gasteiger partial charge in [0.05, 0.1) is 50.7 Å². The van der Waals surface area contributed by atoms with Crippen molar-refractivity contribution >= 4 is 23.3 Å². The van der Waals surface area contributed by atoms with Crippen molar-refractivity contribution in [1.29, 1.82) is 0 Å². The minimum atomic E-state index is -1.16. The predicted octanol–water partition coefficient (Wildman–Crippen LogP) is 3.49. The summed E-state index contributed by atoms with van der Waals surface area (Å²) in [4.78, 5) is 27.8. The normalized spacial score (nSPS) is 15.7. The van der Waals surface area contributed by atoms with Crippen LogP contribution in [0, 0.1) is 6.92 Å². The second-order valence-electron chi connectivity index (χ2n) is 8.22. The Labute approximate surface area is 202 Å². The second-order valence-corrected chi connectivity index (χ2v) is 9.31. The molecule has 3 rings (SSSR count). The maximum atomic E-state index is 11.7. The van der Waals surface area contributed by atoms with Gasteiger partial charge in [0.1, 0.15) is 22.5 Å². The topological polar surface area (TPSA) is 124 Å². The van der Waals surface area contributed by atoms with Gasteiger partial charge in [-0.1, -0.05) is 12.8 Å². The molecule has 1 aromatic carbocycles. The highest BCUT2D eigenvalue weighted by molar-refractivity contribution is 7.13. The molecule has 2 unspecified atom stereocenters. The van der Waals surface area contributed by atoms with Crippen LogP contribution in [0.5, 0.6) is 11.5 Å². The monoisotopic (exact) mass is 493 g/mol. The molecular weight excluding hydrogens is 462 g/mol. The Morgan fingerprint density at radius 2 is 1.76 bits per heavy atom. The van der Waals surface area contributed by atoms with E-state index in [2.05, 4.69) is 9.72 Å². The molecular formula is C24H31NO8S. The van der Waals surface area contributed by atoms with Crippen molar-refractivity contribution < 1.29 is 38.7 Å². The summed E-state index contributed by atoms with van der Waals surface area (Å²) in [6.07, 6.45) is 2.14. The van der Waals surface area contributed by atoms with Gasteiger partial charge in [0, 0.05) is 12.0 Å². The van der Waals surface area contributed by atoms with Gasteiger partial charge in [-0.25, -0.2) is 9.78 Å². The van der Waals surface area contributed by atoms with Gasteiger partial charge in [-0.05, 0) is 37.5 Å². The molecule has 0 saturated heterocycles. The van der Waals surface area contributed by atoms with Crippen molar-refractivity contribution in [2.45, 2.75) is 63.8 Å². The number of thiazole rings is 1. The van der Waals surface area contributed by atoms with E-state index in [1.165, 1.54) is 7.11 Å². The Morgan fingerprint density at radius 1 is 1.15 bits per heavy atom. The molecule has 1 aliphatic carbocycles. The number of carboxylic acid groups (broad SMARTS) is 1. The third-order valence-electron chi connectivity index (χ3n) is 5.99. The van der Waals surface area contributed by atoms with Gasteiger partial charge in [-0.3, -0.25) is 4.79 Å². The van der Waals surface area contributed by atoms with Crippen LogP contribution in [0.3, 0.4) is 0 Å². The summed E-state index contributed by atoms with van der Waals surface area (Å²) in [7, 11) is 4.34. The van der Waals surface area contributed by atoms with E-state index in [1.54, 1.807) is 26.4 Å². The number of hydrogen-bond donors (Lipinski definition) is 2. The molecule has 0 amide bonds. The number of esters is 1. The molecule has 1 saturated carbocycles. The van der Waals surface area contributed by atoms with Crippen LogP contribution in [-0.2, 0) is 27.1 Å². The highest BCUT2D eigenvalue weighted by Crippen LogP contribution is 2.36. The molecule has 2 aromatic rings. The quantitative estimate of drug-likeness (QED) is 0.453. The fraction of sp³-hybridized carbons (Fsp3) is 0.542. The smallest absolute Gasteiger partial charge is 0.347 e. The number of ether oxygens (including phenoxy) is 4. The fourth-order valence-electron chi connectivity index (χ4n) is 4.15. The van der Waals surface area contributed by atoms with Crippen LogP contribution in [0.1, 0.15) is 63.3 Å². The second kappa shape index (κ2) is 11.6. The number of carbonyl (C=O) groups is 2. The lowest BCUT2D eigenvalue weighted by Gasteiger charge is -2.27. The van der Waals surface area contributed by atoms with Crippen LogP contribution < -0.4 is 9.47 Å². The number of aliphatic hydroxyl groups excluding tert-OH is 1. The zero-order valence-electron chi connectivity index (χ0n) is 19.8. The molecule has 1 heterocycles. The number of aromatic carboxylic acids is 1. The Hall–Kier alpha value is -2.69. The standard InChI is InChI=1S/C24H31NO8S/c1-13-17(30-2)9-14(10-18(13)31-3)22(27)19(33-15-7-5-6-8-15)12-20-25-16(11-21(26)32-4)23(34-20)24(28)29/h9-10,15,19,22,27H,5-8,11-12H2,1-4H3,(H,28,29). The van der Waals surface area contributed by atoms with E-state index in [9.17, 15) is 19.8 Å². The molecule has 1 fully saturated rings. The van der Waals surface area contributed by atoms with Gasteiger partial charge in [0.15, 0.2) is 0 Å². The molecule has 0 spiro atoms. The summed E-state index contributed by atoms with van der Waals surface area (Å²) < 4.78 is 21.9. The van der Waals surface area contributed by atoms with Gasteiger partial charge in [-0.15, -0.1) is 11.3 Å². The van der Waals surface area contributed by atoms with Gasteiger partial charge in [0.25, 0.3) is 0 Å². The third-order valence-corrected chi connectivity index (χ3v) is 7.10. The lowest BCUT2D eigenvalue weighted by atomic mass is 9.99. The molecule has 0 aliphatic heterocycles. The van der Waals surface area contributed by atoms with Gasteiger partial charge in [0.2, 0.25) is 0 Å². The number of rotatable bonds is 11. The van der Waals surface area contributed by atoms with E-state index in [0.717, 1.165) is 42.6 Å². The number of methoxy groups -OCH3 is 3. The van der Waals surface area contributed by atoms with Crippen LogP contribution in [0.15, 0.2) is 12.1 Å². The van der Waals surface area contributed by atoms with Crippen molar-refractivity contribution in [3.8, 4) is 11.5 Å². The van der Waals surface area contributed by atoms with Gasteiger partial charge >= 0.3 is 11.9 Å². The molecule has 34 heavy (non-hydrogen) atoms. The molecule has 0 radical (unpaired) electrons. The summed E-state index contributed by atoms with van der Waals surface area (Å²) in [5, 5.41) is 21.4. The van der Waals surface area contributed by atoms with Crippen molar-refractivity contribution in [1.82, 2.24) is 4.98 Å². The first-order valence-electron chi connectivity index (χ1n) is 11.1. The molecule has 9 nitrogen and oxygen atoms in total. The Balaban J connectivity index is 1.93. The van der Waals surface area contributed by atoms with Crippen LogP contribution >= 0.6 is 11.3 Å². The number of benzene rings is 1. The zero-order valence-corrected chi connectivity index (χ0v) is 20.6. The van der Waals surface area contributed by atoms with Crippen molar-refractivity contribution in [2.24, 2.45) is 0 Å². The number of nitrogens with zero attached hydrogens (tertiary/aromatic N) is 1. The summed E-state index contributed by atoms with van der Waals surface area (Å²) in [6.45, 7) is 1.87. The van der Waals surface area contributed by atoms with Crippen molar-refractivity contribution in [2.75, 3.05) is 21.3 Å². The van der Waals surface area contributed by atoms with E-state index in [1.807, 2.05) is 6.92 Å². The maximum absolute atomic E-state index is 11.7. The first kappa shape index (κ1) is 25.9. The van der Waals surface area contributed by atoms with Crippen LogP contribution in [0.25, 0.3) is 0 Å². The van der Waals surface area contributed by atoms with E-state index in [0.29, 0.717) is 22.1 Å². The molecule has 1 aliphatic rings. The summed E-state index contributed by atoms with van der Waals surface area (Å²) in [5.74, 6) is -0.576. The maximum Gasteiger partial charge on any atom is 0.347 e. The first-order valence-corrected chi connectivity index (χ1v) is 11.9. The lowest BCUT2D eigenvalue weighted by molar-refractivity contribution is -0.139. The Kier molecular flexibility index (Phi) is 8.87. The molecule has 2 atom stereocenters. The number of aliphatic hydroxyl groups is 1. The first-order chi connectivity index (χ1) is 16.3. The largest absolute Gasteiger partial charge is 0.496 e. The van der Waals surface area contributed by atoms with Gasteiger partial charge in [-0.2, -0.15) is 0 Å². The molecule has 0 bridgehead atoms. The number of hydrogen-bond acceptors (Lipinski definition) is 9. The van der Waals surface area contributed by atoms with E-state index in [4.69, 9.17) is 14.2 Å². The fourth-order valence-corrected chi connectivity index (χ4v) is 5.12. The molecule has 2 N–H and O–H groups in total. The Morgan fingerprint density at radius 3 is 2.29 bits per heavy atom. The minimum Gasteiger partial charge on any atom is -0.496 e. The van der Waals surface area contributed by atoms with Crippen LogP contribution in [0.2, 0.25) is 0 Å². The number of carboxylic acids is 1. The third kappa shape index (κ3) is 6.05. The van der Waals surface area contributed by atoms with Crippen molar-refractivity contribution in [3.05, 3.63) is 38.8 Å². The van der Waals surface area contributed by atoms with Crippen molar-refractivity contribution in [3.63, 3.8) is 0 Å². The highest BCUT2D eigenvalue weighted by Gasteiger charge is 2.30. The van der Waals surface area contributed by atoms with E-state index >= 15 is 0 Å². The van der Waals surface area contributed by atoms with E-state index in [-0.39, 0.29) is 29.5 Å². The van der Waals surface area contributed by atoms with Crippen LogP contribution in [0.4, 0.5) is 0 Å².